The van der Waals surface area contributed by atoms with Gasteiger partial charge in [-0.15, -0.1) is 0 Å². The molecule has 0 saturated carbocycles. The normalized spacial score (nSPS) is 15.8. The van der Waals surface area contributed by atoms with E-state index >= 15 is 0 Å². The Bertz CT molecular complexity index is 1380. The number of fused-ring (bicyclic) bond motifs is 3. The SMILES string of the molecule is COc1cc2c(cc1NC(=O)CN1C(=O)N[C@@H](Cc3ccccc3)C1=O)oc1ccccc12. The number of hydrogen-bond donors (Lipinski definition) is 2. The number of furan rings is 1. The second-order valence-electron chi connectivity index (χ2n) is 7.81. The first-order valence-corrected chi connectivity index (χ1v) is 10.5. The van der Waals surface area contributed by atoms with Crippen LogP contribution < -0.4 is 15.4 Å². The number of rotatable bonds is 6. The number of para-hydroxylation sites is 1. The Hall–Kier alpha value is -4.33. The Kier molecular flexibility index (Phi) is 5.18. The fourth-order valence-corrected chi connectivity index (χ4v) is 4.07. The van der Waals surface area contributed by atoms with E-state index in [9.17, 15) is 14.4 Å². The molecule has 3 aromatic carbocycles. The largest absolute Gasteiger partial charge is 0.495 e. The molecule has 1 aromatic heterocycles. The van der Waals surface area contributed by atoms with Crippen molar-refractivity contribution >= 4 is 45.5 Å². The molecule has 4 aromatic rings. The van der Waals surface area contributed by atoms with Crippen molar-refractivity contribution in [3.8, 4) is 5.75 Å². The van der Waals surface area contributed by atoms with Crippen molar-refractivity contribution in [1.29, 1.82) is 0 Å². The van der Waals surface area contributed by atoms with Gasteiger partial charge in [0, 0.05) is 23.3 Å². The standard InChI is InChI=1S/C25H21N3O5/c1-32-22-12-17-16-9-5-6-10-20(16)33-21(17)13-18(22)26-23(29)14-28-24(30)19(27-25(28)31)11-15-7-3-2-4-8-15/h2-10,12-13,19H,11,14H2,1H3,(H,26,29)(H,27,31)/t19-/m0/s1. The summed E-state index contributed by atoms with van der Waals surface area (Å²) in [5.74, 6) is -0.507. The van der Waals surface area contributed by atoms with E-state index in [1.165, 1.54) is 7.11 Å². The molecule has 2 heterocycles. The van der Waals surface area contributed by atoms with Crippen LogP contribution >= 0.6 is 0 Å². The molecule has 0 bridgehead atoms. The third kappa shape index (κ3) is 3.87. The molecule has 1 saturated heterocycles. The fourth-order valence-electron chi connectivity index (χ4n) is 4.07. The highest BCUT2D eigenvalue weighted by atomic mass is 16.5. The molecule has 0 unspecified atom stereocenters. The first-order chi connectivity index (χ1) is 16.0. The number of carbonyl (C=O) groups excluding carboxylic acids is 3. The molecule has 4 amide bonds. The summed E-state index contributed by atoms with van der Waals surface area (Å²) < 4.78 is 11.3. The van der Waals surface area contributed by atoms with Crippen molar-refractivity contribution < 1.29 is 23.5 Å². The van der Waals surface area contributed by atoms with Gasteiger partial charge >= 0.3 is 6.03 Å². The molecule has 2 N–H and O–H groups in total. The molecule has 33 heavy (non-hydrogen) atoms. The van der Waals surface area contributed by atoms with Gasteiger partial charge in [0.25, 0.3) is 5.91 Å². The number of imide groups is 1. The Morgan fingerprint density at radius 3 is 2.58 bits per heavy atom. The number of benzene rings is 3. The maximum Gasteiger partial charge on any atom is 0.325 e. The zero-order valence-electron chi connectivity index (χ0n) is 17.8. The average Bonchev–Trinajstić information content (AvgIpc) is 3.30. The van der Waals surface area contributed by atoms with Crippen LogP contribution in [-0.2, 0) is 16.0 Å². The maximum absolute atomic E-state index is 12.7. The molecular weight excluding hydrogens is 422 g/mol. The van der Waals surface area contributed by atoms with Crippen LogP contribution in [0.1, 0.15) is 5.56 Å². The number of nitrogens with zero attached hydrogens (tertiary/aromatic N) is 1. The van der Waals surface area contributed by atoms with Gasteiger partial charge in [-0.1, -0.05) is 48.5 Å². The number of urea groups is 1. The number of ether oxygens (including phenoxy) is 1. The molecule has 1 aliphatic heterocycles. The zero-order valence-corrected chi connectivity index (χ0v) is 17.8. The minimum absolute atomic E-state index is 0.361. The molecule has 166 valence electrons. The summed E-state index contributed by atoms with van der Waals surface area (Å²) in [5.41, 5.74) is 2.63. The molecule has 1 fully saturated rings. The highest BCUT2D eigenvalue weighted by molar-refractivity contribution is 6.10. The Balaban J connectivity index is 1.32. The van der Waals surface area contributed by atoms with Crippen molar-refractivity contribution in [3.05, 3.63) is 72.3 Å². The van der Waals surface area contributed by atoms with Gasteiger partial charge in [0.2, 0.25) is 5.91 Å². The molecule has 0 aliphatic carbocycles. The molecule has 5 rings (SSSR count). The van der Waals surface area contributed by atoms with Gasteiger partial charge in [0.15, 0.2) is 0 Å². The van der Waals surface area contributed by atoms with Gasteiger partial charge in [-0.3, -0.25) is 14.5 Å². The van der Waals surface area contributed by atoms with E-state index in [-0.39, 0.29) is 0 Å². The summed E-state index contributed by atoms with van der Waals surface area (Å²) >= 11 is 0. The summed E-state index contributed by atoms with van der Waals surface area (Å²) in [4.78, 5) is 38.7. The second-order valence-corrected chi connectivity index (χ2v) is 7.81. The monoisotopic (exact) mass is 443 g/mol. The molecule has 8 nitrogen and oxygen atoms in total. The number of anilines is 1. The number of carbonyl (C=O) groups is 3. The van der Waals surface area contributed by atoms with Gasteiger partial charge in [0.1, 0.15) is 29.5 Å². The van der Waals surface area contributed by atoms with E-state index in [0.29, 0.717) is 23.4 Å². The van der Waals surface area contributed by atoms with E-state index < -0.39 is 30.4 Å². The molecule has 1 aliphatic rings. The topological polar surface area (TPSA) is 101 Å². The summed E-state index contributed by atoms with van der Waals surface area (Å²) in [6.07, 6.45) is 0.361. The highest BCUT2D eigenvalue weighted by Gasteiger charge is 2.38. The lowest BCUT2D eigenvalue weighted by molar-refractivity contribution is -0.130. The third-order valence-corrected chi connectivity index (χ3v) is 5.66. The number of amides is 4. The molecule has 1 atom stereocenters. The number of nitrogens with one attached hydrogen (secondary N) is 2. The van der Waals surface area contributed by atoms with Crippen molar-refractivity contribution in [3.63, 3.8) is 0 Å². The van der Waals surface area contributed by atoms with Crippen molar-refractivity contribution in [2.24, 2.45) is 0 Å². The van der Waals surface area contributed by atoms with Gasteiger partial charge in [0.05, 0.1) is 12.8 Å². The molecule has 8 heteroatoms. The summed E-state index contributed by atoms with van der Waals surface area (Å²) in [7, 11) is 1.50. The summed E-state index contributed by atoms with van der Waals surface area (Å²) in [6.45, 7) is -0.405. The van der Waals surface area contributed by atoms with Gasteiger partial charge in [-0.2, -0.15) is 0 Å². The van der Waals surface area contributed by atoms with Crippen LogP contribution in [0.5, 0.6) is 5.75 Å². The van der Waals surface area contributed by atoms with Crippen molar-refractivity contribution in [1.82, 2.24) is 10.2 Å². The molecule has 0 radical (unpaired) electrons. The predicted molar refractivity (Wildman–Crippen MR) is 123 cm³/mol. The van der Waals surface area contributed by atoms with E-state index in [2.05, 4.69) is 10.6 Å². The summed E-state index contributed by atoms with van der Waals surface area (Å²) in [6, 6.07) is 19.2. The van der Waals surface area contributed by atoms with Gasteiger partial charge in [-0.25, -0.2) is 4.79 Å². The minimum atomic E-state index is -0.700. The van der Waals surface area contributed by atoms with Crippen LogP contribution in [0.4, 0.5) is 10.5 Å². The van der Waals surface area contributed by atoms with Crippen molar-refractivity contribution in [2.45, 2.75) is 12.5 Å². The Labute approximate surface area is 189 Å². The van der Waals surface area contributed by atoms with E-state index in [1.807, 2.05) is 54.6 Å². The fraction of sp³-hybridized carbons (Fsp3) is 0.160. The maximum atomic E-state index is 12.7. The van der Waals surface area contributed by atoms with E-state index in [4.69, 9.17) is 9.15 Å². The Morgan fingerprint density at radius 1 is 1.03 bits per heavy atom. The number of hydrogen-bond acceptors (Lipinski definition) is 5. The van der Waals surface area contributed by atoms with Crippen LogP contribution in [0.25, 0.3) is 21.9 Å². The Morgan fingerprint density at radius 2 is 1.79 bits per heavy atom. The quantitative estimate of drug-likeness (QED) is 0.443. The van der Waals surface area contributed by atoms with Crippen LogP contribution in [0.3, 0.4) is 0 Å². The van der Waals surface area contributed by atoms with E-state index in [0.717, 1.165) is 26.8 Å². The first-order valence-electron chi connectivity index (χ1n) is 10.5. The van der Waals surface area contributed by atoms with Crippen molar-refractivity contribution in [2.75, 3.05) is 19.0 Å². The third-order valence-electron chi connectivity index (χ3n) is 5.66. The average molecular weight is 443 g/mol. The molecule has 0 spiro atoms. The van der Waals surface area contributed by atoms with Gasteiger partial charge in [-0.05, 0) is 17.7 Å². The zero-order chi connectivity index (χ0) is 22.9. The lowest BCUT2D eigenvalue weighted by atomic mass is 10.1. The first kappa shape index (κ1) is 20.6. The van der Waals surface area contributed by atoms with Crippen LogP contribution in [0.15, 0.2) is 71.1 Å². The highest BCUT2D eigenvalue weighted by Crippen LogP contribution is 2.36. The number of methoxy groups -OCH3 is 1. The lowest BCUT2D eigenvalue weighted by Gasteiger charge is -2.14. The van der Waals surface area contributed by atoms with Crippen LogP contribution in [0.2, 0.25) is 0 Å². The van der Waals surface area contributed by atoms with Crippen LogP contribution in [-0.4, -0.2) is 42.4 Å². The summed E-state index contributed by atoms with van der Waals surface area (Å²) in [5, 5.41) is 7.18. The van der Waals surface area contributed by atoms with Gasteiger partial charge < -0.3 is 19.8 Å². The lowest BCUT2D eigenvalue weighted by Crippen LogP contribution is -2.38. The van der Waals surface area contributed by atoms with E-state index in [1.54, 1.807) is 12.1 Å². The minimum Gasteiger partial charge on any atom is -0.495 e. The second kappa shape index (κ2) is 8.31. The smallest absolute Gasteiger partial charge is 0.325 e. The van der Waals surface area contributed by atoms with Crippen LogP contribution in [0, 0.1) is 0 Å². The predicted octanol–water partition coefficient (Wildman–Crippen LogP) is 3.70. The molecular formula is C25H21N3O5.